The van der Waals surface area contributed by atoms with Crippen LogP contribution in [0.3, 0.4) is 0 Å². The van der Waals surface area contributed by atoms with Crippen LogP contribution < -0.4 is 9.62 Å². The molecule has 0 spiro atoms. The van der Waals surface area contributed by atoms with E-state index in [9.17, 15) is 18.0 Å². The molecule has 3 aromatic carbocycles. The van der Waals surface area contributed by atoms with Crippen LogP contribution in [-0.4, -0.2) is 43.3 Å². The van der Waals surface area contributed by atoms with E-state index in [1.807, 2.05) is 71.0 Å². The molecule has 0 aromatic heterocycles. The Hall–Kier alpha value is -3.65. The van der Waals surface area contributed by atoms with E-state index >= 15 is 0 Å². The molecule has 0 bridgehead atoms. The molecule has 0 fully saturated rings. The van der Waals surface area contributed by atoms with Crippen molar-refractivity contribution < 1.29 is 18.0 Å². The van der Waals surface area contributed by atoms with Crippen LogP contribution >= 0.6 is 0 Å². The van der Waals surface area contributed by atoms with Crippen LogP contribution in [0.2, 0.25) is 0 Å². The summed E-state index contributed by atoms with van der Waals surface area (Å²) in [5, 5.41) is 3.00. The highest BCUT2D eigenvalue weighted by Crippen LogP contribution is 2.27. The maximum atomic E-state index is 14.2. The first-order chi connectivity index (χ1) is 19.2. The quantitative estimate of drug-likeness (QED) is 0.301. The fraction of sp³-hybridized carbons (Fsp3) is 0.394. The topological polar surface area (TPSA) is 86.8 Å². The lowest BCUT2D eigenvalue weighted by atomic mass is 10.0. The third kappa shape index (κ3) is 8.19. The van der Waals surface area contributed by atoms with Gasteiger partial charge >= 0.3 is 0 Å². The van der Waals surface area contributed by atoms with Gasteiger partial charge < -0.3 is 10.2 Å². The summed E-state index contributed by atoms with van der Waals surface area (Å²) in [5.41, 5.74) is 2.82. The third-order valence-electron chi connectivity index (χ3n) is 6.94. The normalized spacial score (nSPS) is 12.6. The van der Waals surface area contributed by atoms with Gasteiger partial charge in [-0.1, -0.05) is 75.4 Å². The standard InChI is InChI=1S/C33H43N3O4S/c1-8-30(32(38)34-33(5,6)7)35(22-27-15-13-12-14-25(27)4)31(37)23-36(28-20-18-26(19-21-28)24(2)3)41(39,40)29-16-10-9-11-17-29/h9-21,24,30H,8,22-23H2,1-7H3,(H,34,38). The molecular weight excluding hydrogens is 534 g/mol. The van der Waals surface area contributed by atoms with Crippen LogP contribution in [0.5, 0.6) is 0 Å². The number of amides is 2. The van der Waals surface area contributed by atoms with Gasteiger partial charge in [0.25, 0.3) is 10.0 Å². The van der Waals surface area contributed by atoms with Gasteiger partial charge in [-0.15, -0.1) is 0 Å². The summed E-state index contributed by atoms with van der Waals surface area (Å²) in [6.45, 7) is 13.3. The van der Waals surface area contributed by atoms with Gasteiger partial charge in [0.15, 0.2) is 0 Å². The van der Waals surface area contributed by atoms with Crippen LogP contribution in [0.25, 0.3) is 0 Å². The summed E-state index contributed by atoms with van der Waals surface area (Å²) >= 11 is 0. The van der Waals surface area contributed by atoms with E-state index in [4.69, 9.17) is 0 Å². The second-order valence-corrected chi connectivity index (χ2v) is 13.5. The number of anilines is 1. The first-order valence-electron chi connectivity index (χ1n) is 14.1. The molecule has 8 heteroatoms. The summed E-state index contributed by atoms with van der Waals surface area (Å²) in [6, 6.07) is 22.2. The van der Waals surface area contributed by atoms with Crippen molar-refractivity contribution in [1.82, 2.24) is 10.2 Å². The van der Waals surface area contributed by atoms with E-state index in [1.165, 1.54) is 17.0 Å². The number of nitrogens with one attached hydrogen (secondary N) is 1. The highest BCUT2D eigenvalue weighted by Gasteiger charge is 2.34. The Kier molecular flexibility index (Phi) is 10.4. The van der Waals surface area contributed by atoms with Crippen LogP contribution in [0.1, 0.15) is 70.6 Å². The van der Waals surface area contributed by atoms with Crippen molar-refractivity contribution in [3.05, 3.63) is 95.6 Å². The van der Waals surface area contributed by atoms with Crippen LogP contribution in [-0.2, 0) is 26.2 Å². The molecule has 3 aromatic rings. The molecule has 3 rings (SSSR count). The summed E-state index contributed by atoms with van der Waals surface area (Å²) in [6.07, 6.45) is 0.369. The lowest BCUT2D eigenvalue weighted by Gasteiger charge is -2.35. The van der Waals surface area contributed by atoms with Crippen molar-refractivity contribution >= 4 is 27.5 Å². The molecule has 7 nitrogen and oxygen atoms in total. The number of rotatable bonds is 11. The van der Waals surface area contributed by atoms with Crippen molar-refractivity contribution in [1.29, 1.82) is 0 Å². The van der Waals surface area contributed by atoms with Gasteiger partial charge in [0.05, 0.1) is 10.6 Å². The summed E-state index contributed by atoms with van der Waals surface area (Å²) < 4.78 is 29.1. The second kappa shape index (κ2) is 13.3. The number of benzene rings is 3. The first kappa shape index (κ1) is 31.9. The molecule has 0 heterocycles. The maximum Gasteiger partial charge on any atom is 0.264 e. The monoisotopic (exact) mass is 577 g/mol. The van der Waals surface area contributed by atoms with Crippen molar-refractivity contribution in [2.45, 2.75) is 83.8 Å². The molecular formula is C33H43N3O4S. The van der Waals surface area contributed by atoms with Gasteiger partial charge in [0.2, 0.25) is 11.8 Å². The Morgan fingerprint density at radius 1 is 0.878 bits per heavy atom. The molecule has 1 unspecified atom stereocenters. The lowest BCUT2D eigenvalue weighted by Crippen LogP contribution is -2.55. The van der Waals surface area contributed by atoms with Gasteiger partial charge in [-0.05, 0) is 81.0 Å². The number of carbonyl (C=O) groups is 2. The van der Waals surface area contributed by atoms with E-state index in [1.54, 1.807) is 30.3 Å². The minimum Gasteiger partial charge on any atom is -0.350 e. The molecule has 1 atom stereocenters. The number of hydrogen-bond donors (Lipinski definition) is 1. The largest absolute Gasteiger partial charge is 0.350 e. The Bertz CT molecular complexity index is 1430. The minimum absolute atomic E-state index is 0.0868. The predicted octanol–water partition coefficient (Wildman–Crippen LogP) is 6.04. The minimum atomic E-state index is -4.09. The zero-order valence-electron chi connectivity index (χ0n) is 25.2. The molecule has 0 saturated carbocycles. The van der Waals surface area contributed by atoms with Gasteiger partial charge in [0.1, 0.15) is 12.6 Å². The molecule has 1 N–H and O–H groups in total. The van der Waals surface area contributed by atoms with E-state index in [-0.39, 0.29) is 23.3 Å². The van der Waals surface area contributed by atoms with Crippen molar-refractivity contribution in [2.24, 2.45) is 0 Å². The van der Waals surface area contributed by atoms with Crippen molar-refractivity contribution in [3.8, 4) is 0 Å². The smallest absolute Gasteiger partial charge is 0.264 e. The maximum absolute atomic E-state index is 14.2. The highest BCUT2D eigenvalue weighted by atomic mass is 32.2. The second-order valence-electron chi connectivity index (χ2n) is 11.7. The van der Waals surface area contributed by atoms with Gasteiger partial charge in [-0.2, -0.15) is 0 Å². The summed E-state index contributed by atoms with van der Waals surface area (Å²) in [7, 11) is -4.09. The average molecular weight is 578 g/mol. The number of nitrogens with zero attached hydrogens (tertiary/aromatic N) is 2. The predicted molar refractivity (Wildman–Crippen MR) is 165 cm³/mol. The molecule has 0 saturated heterocycles. The Morgan fingerprint density at radius 2 is 1.46 bits per heavy atom. The van der Waals surface area contributed by atoms with E-state index in [2.05, 4.69) is 19.2 Å². The lowest BCUT2D eigenvalue weighted by molar-refractivity contribution is -0.141. The molecule has 2 amide bonds. The molecule has 220 valence electrons. The fourth-order valence-electron chi connectivity index (χ4n) is 4.62. The van der Waals surface area contributed by atoms with E-state index < -0.39 is 34.1 Å². The number of carbonyl (C=O) groups excluding carboxylic acids is 2. The van der Waals surface area contributed by atoms with Gasteiger partial charge in [-0.25, -0.2) is 8.42 Å². The number of hydrogen-bond acceptors (Lipinski definition) is 4. The Balaban J connectivity index is 2.08. The molecule has 0 aliphatic heterocycles. The van der Waals surface area contributed by atoms with Crippen molar-refractivity contribution in [2.75, 3.05) is 10.8 Å². The van der Waals surface area contributed by atoms with E-state index in [0.717, 1.165) is 21.0 Å². The Morgan fingerprint density at radius 3 is 2.00 bits per heavy atom. The van der Waals surface area contributed by atoms with Crippen LogP contribution in [0.4, 0.5) is 5.69 Å². The van der Waals surface area contributed by atoms with Gasteiger partial charge in [-0.3, -0.25) is 13.9 Å². The molecule has 0 aliphatic rings. The Labute approximate surface area is 245 Å². The molecule has 0 aliphatic carbocycles. The third-order valence-corrected chi connectivity index (χ3v) is 8.73. The van der Waals surface area contributed by atoms with Gasteiger partial charge in [0, 0.05) is 12.1 Å². The fourth-order valence-corrected chi connectivity index (χ4v) is 6.05. The van der Waals surface area contributed by atoms with Crippen molar-refractivity contribution in [3.63, 3.8) is 0 Å². The first-order valence-corrected chi connectivity index (χ1v) is 15.5. The number of aryl methyl sites for hydroxylation is 1. The SMILES string of the molecule is CCC(C(=O)NC(C)(C)C)N(Cc1ccccc1C)C(=O)CN(c1ccc(C(C)C)cc1)S(=O)(=O)c1ccccc1. The zero-order chi connectivity index (χ0) is 30.4. The highest BCUT2D eigenvalue weighted by molar-refractivity contribution is 7.92. The van der Waals surface area contributed by atoms with Crippen LogP contribution in [0, 0.1) is 6.92 Å². The molecule has 41 heavy (non-hydrogen) atoms. The summed E-state index contributed by atoms with van der Waals surface area (Å²) in [5.74, 6) is -0.474. The zero-order valence-corrected chi connectivity index (χ0v) is 26.0. The average Bonchev–Trinajstić information content (AvgIpc) is 2.92. The number of sulfonamides is 1. The summed E-state index contributed by atoms with van der Waals surface area (Å²) in [4.78, 5) is 29.3. The van der Waals surface area contributed by atoms with E-state index in [0.29, 0.717) is 12.1 Å². The van der Waals surface area contributed by atoms with Crippen LogP contribution in [0.15, 0.2) is 83.8 Å². The molecule has 0 radical (unpaired) electrons.